The van der Waals surface area contributed by atoms with Crippen molar-refractivity contribution in [3.63, 3.8) is 0 Å². The molecule has 2 heterocycles. The van der Waals surface area contributed by atoms with Crippen LogP contribution in [0.3, 0.4) is 0 Å². The summed E-state index contributed by atoms with van der Waals surface area (Å²) in [5.41, 5.74) is 2.18. The van der Waals surface area contributed by atoms with E-state index < -0.39 is 0 Å². The Hall–Kier alpha value is -1.69. The SMILES string of the molecule is O=C(Cc1ccsc1)N[C@@H]1CCOC[C@H]1OCc1ccccc1. The van der Waals surface area contributed by atoms with Gasteiger partial charge in [-0.2, -0.15) is 11.3 Å². The first-order valence-electron chi connectivity index (χ1n) is 7.85. The fraction of sp³-hybridized carbons (Fsp3) is 0.389. The maximum atomic E-state index is 12.2. The minimum Gasteiger partial charge on any atom is -0.379 e. The largest absolute Gasteiger partial charge is 0.379 e. The summed E-state index contributed by atoms with van der Waals surface area (Å²) in [7, 11) is 0. The lowest BCUT2D eigenvalue weighted by Gasteiger charge is -2.32. The van der Waals surface area contributed by atoms with Crippen molar-refractivity contribution in [2.45, 2.75) is 31.6 Å². The fourth-order valence-electron chi connectivity index (χ4n) is 2.66. The summed E-state index contributed by atoms with van der Waals surface area (Å²) in [5.74, 6) is 0.0450. The van der Waals surface area contributed by atoms with Gasteiger partial charge in [0.25, 0.3) is 0 Å². The number of amides is 1. The Morgan fingerprint density at radius 3 is 2.91 bits per heavy atom. The zero-order valence-corrected chi connectivity index (χ0v) is 13.8. The lowest BCUT2D eigenvalue weighted by atomic mass is 10.1. The van der Waals surface area contributed by atoms with Crippen LogP contribution in [0, 0.1) is 0 Å². The van der Waals surface area contributed by atoms with Crippen LogP contribution in [0.5, 0.6) is 0 Å². The normalized spacial score (nSPS) is 21.0. The van der Waals surface area contributed by atoms with Crippen molar-refractivity contribution < 1.29 is 14.3 Å². The molecule has 122 valence electrons. The van der Waals surface area contributed by atoms with Crippen LogP contribution in [0.4, 0.5) is 0 Å². The van der Waals surface area contributed by atoms with Crippen molar-refractivity contribution in [1.29, 1.82) is 0 Å². The van der Waals surface area contributed by atoms with Gasteiger partial charge in [-0.25, -0.2) is 0 Å². The first kappa shape index (κ1) is 16.2. The number of carbonyl (C=O) groups excluding carboxylic acids is 1. The van der Waals surface area contributed by atoms with Gasteiger partial charge in [-0.05, 0) is 34.4 Å². The molecule has 1 N–H and O–H groups in total. The van der Waals surface area contributed by atoms with E-state index in [0.717, 1.165) is 17.5 Å². The first-order valence-corrected chi connectivity index (χ1v) is 8.79. The number of hydrogen-bond acceptors (Lipinski definition) is 4. The molecule has 0 radical (unpaired) electrons. The minimum atomic E-state index is -0.101. The molecule has 0 bridgehead atoms. The van der Waals surface area contributed by atoms with E-state index in [4.69, 9.17) is 9.47 Å². The molecule has 4 nitrogen and oxygen atoms in total. The van der Waals surface area contributed by atoms with Crippen molar-refractivity contribution in [2.24, 2.45) is 0 Å². The third-order valence-electron chi connectivity index (χ3n) is 3.90. The van der Waals surface area contributed by atoms with Crippen LogP contribution < -0.4 is 5.32 Å². The average molecular weight is 331 g/mol. The molecule has 1 fully saturated rings. The van der Waals surface area contributed by atoms with Gasteiger partial charge in [-0.3, -0.25) is 4.79 Å². The Bertz CT molecular complexity index is 600. The molecule has 2 atom stereocenters. The molecule has 1 amide bonds. The molecule has 1 aromatic heterocycles. The van der Waals surface area contributed by atoms with Crippen molar-refractivity contribution in [1.82, 2.24) is 5.32 Å². The van der Waals surface area contributed by atoms with Gasteiger partial charge in [-0.1, -0.05) is 30.3 Å². The van der Waals surface area contributed by atoms with Crippen LogP contribution in [-0.2, 0) is 27.3 Å². The minimum absolute atomic E-state index is 0.0126. The highest BCUT2D eigenvalue weighted by molar-refractivity contribution is 7.07. The molecule has 0 saturated carbocycles. The molecule has 1 aliphatic rings. The van der Waals surface area contributed by atoms with Gasteiger partial charge < -0.3 is 14.8 Å². The van der Waals surface area contributed by atoms with Gasteiger partial charge >= 0.3 is 0 Å². The number of carbonyl (C=O) groups is 1. The van der Waals surface area contributed by atoms with E-state index in [9.17, 15) is 4.79 Å². The second-order valence-electron chi connectivity index (χ2n) is 5.68. The maximum absolute atomic E-state index is 12.2. The van der Waals surface area contributed by atoms with Crippen molar-refractivity contribution in [3.8, 4) is 0 Å². The van der Waals surface area contributed by atoms with Crippen LogP contribution in [0.15, 0.2) is 47.2 Å². The molecular formula is C18H21NO3S. The van der Waals surface area contributed by atoms with E-state index >= 15 is 0 Å². The van der Waals surface area contributed by atoms with E-state index in [-0.39, 0.29) is 18.1 Å². The van der Waals surface area contributed by atoms with Crippen LogP contribution >= 0.6 is 11.3 Å². The summed E-state index contributed by atoms with van der Waals surface area (Å²) >= 11 is 1.61. The number of ether oxygens (including phenoxy) is 2. The van der Waals surface area contributed by atoms with Crippen LogP contribution in [0.1, 0.15) is 17.5 Å². The summed E-state index contributed by atoms with van der Waals surface area (Å²) in [6.07, 6.45) is 1.11. The zero-order valence-electron chi connectivity index (χ0n) is 12.9. The Kier molecular flexibility index (Phi) is 5.80. The van der Waals surface area contributed by atoms with Gasteiger partial charge in [0.2, 0.25) is 5.91 Å². The summed E-state index contributed by atoms with van der Waals surface area (Å²) < 4.78 is 11.5. The molecule has 1 aromatic carbocycles. The van der Waals surface area contributed by atoms with E-state index in [1.54, 1.807) is 11.3 Å². The van der Waals surface area contributed by atoms with Gasteiger partial charge in [-0.15, -0.1) is 0 Å². The molecule has 2 aromatic rings. The molecule has 0 spiro atoms. The average Bonchev–Trinajstić information content (AvgIpc) is 3.08. The van der Waals surface area contributed by atoms with E-state index in [1.165, 1.54) is 0 Å². The van der Waals surface area contributed by atoms with E-state index in [1.807, 2.05) is 47.2 Å². The second-order valence-corrected chi connectivity index (χ2v) is 6.46. The number of benzene rings is 1. The van der Waals surface area contributed by atoms with Crippen molar-refractivity contribution >= 4 is 17.2 Å². The fourth-order valence-corrected chi connectivity index (χ4v) is 3.32. The summed E-state index contributed by atoms with van der Waals surface area (Å²) in [4.78, 5) is 12.2. The quantitative estimate of drug-likeness (QED) is 0.885. The molecule has 3 rings (SSSR count). The van der Waals surface area contributed by atoms with Gasteiger partial charge in [0.15, 0.2) is 0 Å². The maximum Gasteiger partial charge on any atom is 0.224 e. The first-order chi connectivity index (χ1) is 11.3. The highest BCUT2D eigenvalue weighted by Crippen LogP contribution is 2.15. The zero-order chi connectivity index (χ0) is 15.9. The summed E-state index contributed by atoms with van der Waals surface area (Å²) in [6.45, 7) is 1.72. The van der Waals surface area contributed by atoms with Gasteiger partial charge in [0.1, 0.15) is 6.10 Å². The molecule has 0 unspecified atom stereocenters. The standard InChI is InChI=1S/C18H21NO3S/c20-18(10-15-7-9-23-13-15)19-16-6-8-21-12-17(16)22-11-14-4-2-1-3-5-14/h1-5,7,9,13,16-17H,6,8,10-12H2,(H,19,20)/t16-,17-/m1/s1. The third kappa shape index (κ3) is 4.89. The highest BCUT2D eigenvalue weighted by Gasteiger charge is 2.28. The van der Waals surface area contributed by atoms with Gasteiger partial charge in [0.05, 0.1) is 25.7 Å². The molecule has 1 aliphatic heterocycles. The molecule has 5 heteroatoms. The van der Waals surface area contributed by atoms with E-state index in [2.05, 4.69) is 5.32 Å². The number of nitrogens with one attached hydrogen (secondary N) is 1. The lowest BCUT2D eigenvalue weighted by Crippen LogP contribution is -2.50. The van der Waals surface area contributed by atoms with Crippen LogP contribution in [0.2, 0.25) is 0 Å². The predicted octanol–water partition coefficient (Wildman–Crippen LogP) is 2.78. The lowest BCUT2D eigenvalue weighted by molar-refractivity contribution is -0.126. The topological polar surface area (TPSA) is 47.6 Å². The molecule has 0 aliphatic carbocycles. The Balaban J connectivity index is 1.52. The smallest absolute Gasteiger partial charge is 0.224 e. The Morgan fingerprint density at radius 2 is 2.13 bits per heavy atom. The van der Waals surface area contributed by atoms with Crippen LogP contribution in [-0.4, -0.2) is 31.3 Å². The van der Waals surface area contributed by atoms with Crippen molar-refractivity contribution in [2.75, 3.05) is 13.2 Å². The Morgan fingerprint density at radius 1 is 1.26 bits per heavy atom. The second kappa shape index (κ2) is 8.24. The predicted molar refractivity (Wildman–Crippen MR) is 90.4 cm³/mol. The van der Waals surface area contributed by atoms with Crippen molar-refractivity contribution in [3.05, 3.63) is 58.3 Å². The van der Waals surface area contributed by atoms with Gasteiger partial charge in [0, 0.05) is 6.61 Å². The molecule has 1 saturated heterocycles. The third-order valence-corrected chi connectivity index (χ3v) is 4.63. The number of rotatable bonds is 6. The van der Waals surface area contributed by atoms with Crippen LogP contribution in [0.25, 0.3) is 0 Å². The monoisotopic (exact) mass is 331 g/mol. The highest BCUT2D eigenvalue weighted by atomic mass is 32.1. The van der Waals surface area contributed by atoms with E-state index in [0.29, 0.717) is 26.2 Å². The molecular weight excluding hydrogens is 310 g/mol. The summed E-state index contributed by atoms with van der Waals surface area (Å²) in [6, 6.07) is 12.0. The number of thiophene rings is 1. The number of hydrogen-bond donors (Lipinski definition) is 1. The molecule has 23 heavy (non-hydrogen) atoms. The summed E-state index contributed by atoms with van der Waals surface area (Å²) in [5, 5.41) is 7.10. The Labute approximate surface area is 140 Å².